The maximum Gasteiger partial charge on any atom is 0.417 e. The van der Waals surface area contributed by atoms with Crippen LogP contribution in [0.2, 0.25) is 0 Å². The van der Waals surface area contributed by atoms with Gasteiger partial charge >= 0.3 is 6.09 Å². The number of anilines is 1. The lowest BCUT2D eigenvalue weighted by atomic mass is 10.0. The van der Waals surface area contributed by atoms with Crippen molar-refractivity contribution in [1.82, 2.24) is 9.97 Å². The van der Waals surface area contributed by atoms with Crippen molar-refractivity contribution in [2.24, 2.45) is 0 Å². The number of benzene rings is 2. The van der Waals surface area contributed by atoms with Crippen LogP contribution < -0.4 is 10.1 Å². The van der Waals surface area contributed by atoms with Gasteiger partial charge in [0.1, 0.15) is 17.5 Å². The first-order valence-electron chi connectivity index (χ1n) is 10.0. The van der Waals surface area contributed by atoms with Gasteiger partial charge in [-0.25, -0.2) is 14.8 Å². The monoisotopic (exact) mass is 420 g/mol. The summed E-state index contributed by atoms with van der Waals surface area (Å²) in [4.78, 5) is 21.6. The van der Waals surface area contributed by atoms with E-state index < -0.39 is 6.09 Å². The molecule has 0 spiro atoms. The van der Waals surface area contributed by atoms with Gasteiger partial charge in [-0.2, -0.15) is 5.26 Å². The molecule has 0 aliphatic carbocycles. The fourth-order valence-electron chi connectivity index (χ4n) is 3.27. The number of hydrogen-bond acceptors (Lipinski definition) is 5. The molecule has 0 aliphatic rings. The Morgan fingerprint density at radius 2 is 1.69 bits per heavy atom. The molecule has 0 unspecified atom stereocenters. The number of pyridine rings is 2. The van der Waals surface area contributed by atoms with Crippen molar-refractivity contribution >= 4 is 11.8 Å². The van der Waals surface area contributed by atoms with E-state index in [9.17, 15) is 4.79 Å². The van der Waals surface area contributed by atoms with Crippen LogP contribution in [0.15, 0.2) is 79.0 Å². The van der Waals surface area contributed by atoms with Gasteiger partial charge in [0.2, 0.25) is 0 Å². The lowest BCUT2D eigenvalue weighted by Crippen LogP contribution is -2.18. The second-order valence-corrected chi connectivity index (χ2v) is 7.29. The molecule has 1 amide bonds. The number of aromatic nitrogens is 2. The van der Waals surface area contributed by atoms with Gasteiger partial charge in [-0.15, -0.1) is 0 Å². The molecule has 2 heterocycles. The highest BCUT2D eigenvalue weighted by Crippen LogP contribution is 2.32. The molecule has 156 valence electrons. The van der Waals surface area contributed by atoms with Crippen LogP contribution in [-0.2, 0) is 0 Å². The van der Waals surface area contributed by atoms with Gasteiger partial charge in [0.15, 0.2) is 0 Å². The zero-order chi connectivity index (χ0) is 22.5. The first kappa shape index (κ1) is 20.8. The summed E-state index contributed by atoms with van der Waals surface area (Å²) in [5.41, 5.74) is 5.77. The zero-order valence-corrected chi connectivity index (χ0v) is 17.7. The van der Waals surface area contributed by atoms with Crippen LogP contribution in [0.5, 0.6) is 5.75 Å². The molecule has 0 saturated carbocycles. The third kappa shape index (κ3) is 4.63. The number of aryl methyl sites for hydroxylation is 2. The largest absolute Gasteiger partial charge is 0.417 e. The topological polar surface area (TPSA) is 87.9 Å². The molecule has 0 radical (unpaired) electrons. The summed E-state index contributed by atoms with van der Waals surface area (Å²) in [6.07, 6.45) is 1.03. The Kier molecular flexibility index (Phi) is 5.91. The van der Waals surface area contributed by atoms with E-state index in [1.165, 1.54) is 0 Å². The van der Waals surface area contributed by atoms with Gasteiger partial charge in [-0.3, -0.25) is 5.32 Å². The molecule has 0 bridgehead atoms. The SMILES string of the molecule is Cc1ccc(OC(=O)Nc2cc(C)c(-c3ccc(C#N)nc3)nc2-c2ccccc2)cc1. The van der Waals surface area contributed by atoms with E-state index in [1.54, 1.807) is 24.4 Å². The highest BCUT2D eigenvalue weighted by Gasteiger charge is 2.16. The Bertz CT molecular complexity index is 1290. The van der Waals surface area contributed by atoms with Crippen LogP contribution in [0.25, 0.3) is 22.5 Å². The molecule has 32 heavy (non-hydrogen) atoms. The molecule has 2 aromatic carbocycles. The Hall–Kier alpha value is -4.50. The Balaban J connectivity index is 1.71. The predicted octanol–water partition coefficient (Wildman–Crippen LogP) is 5.91. The minimum atomic E-state index is -0.597. The van der Waals surface area contributed by atoms with Crippen molar-refractivity contribution < 1.29 is 9.53 Å². The lowest BCUT2D eigenvalue weighted by Gasteiger charge is -2.15. The highest BCUT2D eigenvalue weighted by molar-refractivity contribution is 5.92. The normalized spacial score (nSPS) is 10.3. The van der Waals surface area contributed by atoms with Gasteiger partial charge in [0, 0.05) is 17.3 Å². The van der Waals surface area contributed by atoms with Crippen LogP contribution in [0.1, 0.15) is 16.8 Å². The summed E-state index contributed by atoms with van der Waals surface area (Å²) in [5, 5.41) is 11.8. The number of nitriles is 1. The van der Waals surface area contributed by atoms with E-state index in [-0.39, 0.29) is 0 Å². The quantitative estimate of drug-likeness (QED) is 0.443. The number of rotatable bonds is 4. The van der Waals surface area contributed by atoms with Crippen molar-refractivity contribution in [3.63, 3.8) is 0 Å². The first-order chi connectivity index (χ1) is 15.5. The summed E-state index contributed by atoms with van der Waals surface area (Å²) in [6, 6.07) is 24.2. The number of hydrogen-bond donors (Lipinski definition) is 1. The molecule has 2 aromatic heterocycles. The smallest absolute Gasteiger partial charge is 0.410 e. The average molecular weight is 420 g/mol. The van der Waals surface area contributed by atoms with Crippen LogP contribution in [0.4, 0.5) is 10.5 Å². The van der Waals surface area contributed by atoms with Crippen molar-refractivity contribution in [3.05, 3.63) is 95.8 Å². The minimum Gasteiger partial charge on any atom is -0.410 e. The molecule has 4 aromatic rings. The Morgan fingerprint density at radius 3 is 2.34 bits per heavy atom. The number of ether oxygens (including phenoxy) is 1. The molecule has 6 heteroatoms. The molecule has 1 N–H and O–H groups in total. The summed E-state index contributed by atoms with van der Waals surface area (Å²) in [7, 11) is 0. The average Bonchev–Trinajstić information content (AvgIpc) is 2.81. The summed E-state index contributed by atoms with van der Waals surface area (Å²) < 4.78 is 5.43. The van der Waals surface area contributed by atoms with E-state index in [1.807, 2.05) is 74.5 Å². The summed E-state index contributed by atoms with van der Waals surface area (Å²) in [6.45, 7) is 3.88. The number of nitrogens with one attached hydrogen (secondary N) is 1. The van der Waals surface area contributed by atoms with Crippen LogP contribution in [0, 0.1) is 25.2 Å². The molecule has 6 nitrogen and oxygen atoms in total. The number of carbonyl (C=O) groups excluding carboxylic acids is 1. The maximum absolute atomic E-state index is 12.6. The molecule has 4 rings (SSSR count). The van der Waals surface area contributed by atoms with E-state index >= 15 is 0 Å². The second-order valence-electron chi connectivity index (χ2n) is 7.29. The highest BCUT2D eigenvalue weighted by atomic mass is 16.6. The maximum atomic E-state index is 12.6. The van der Waals surface area contributed by atoms with Gasteiger partial charge in [-0.1, -0.05) is 48.0 Å². The molecule has 0 fully saturated rings. The van der Waals surface area contributed by atoms with Crippen molar-refractivity contribution in [3.8, 4) is 34.3 Å². The fraction of sp³-hybridized carbons (Fsp3) is 0.0769. The van der Waals surface area contributed by atoms with Crippen molar-refractivity contribution in [2.45, 2.75) is 13.8 Å². The molecular weight excluding hydrogens is 400 g/mol. The predicted molar refractivity (Wildman–Crippen MR) is 123 cm³/mol. The van der Waals surface area contributed by atoms with E-state index in [2.05, 4.69) is 10.3 Å². The summed E-state index contributed by atoms with van der Waals surface area (Å²) >= 11 is 0. The van der Waals surface area contributed by atoms with Crippen molar-refractivity contribution in [1.29, 1.82) is 5.26 Å². The van der Waals surface area contributed by atoms with Gasteiger partial charge in [0.25, 0.3) is 0 Å². The standard InChI is InChI=1S/C26H20N4O2/c1-17-8-12-22(13-9-17)32-26(31)29-23-14-18(2)24(20-10-11-21(15-27)28-16-20)30-25(23)19-6-4-3-5-7-19/h3-14,16H,1-2H3,(H,29,31). The number of carbonyl (C=O) groups is 1. The van der Waals surface area contributed by atoms with E-state index in [4.69, 9.17) is 15.0 Å². The van der Waals surface area contributed by atoms with Crippen LogP contribution in [-0.4, -0.2) is 16.1 Å². The minimum absolute atomic E-state index is 0.340. The van der Waals surface area contributed by atoms with Crippen molar-refractivity contribution in [2.75, 3.05) is 5.32 Å². The second kappa shape index (κ2) is 9.11. The van der Waals surface area contributed by atoms with Gasteiger partial charge < -0.3 is 4.74 Å². The molecular formula is C26H20N4O2. The third-order valence-corrected chi connectivity index (χ3v) is 4.88. The van der Waals surface area contributed by atoms with Gasteiger partial charge in [0.05, 0.1) is 17.1 Å². The molecule has 0 aliphatic heterocycles. The Labute approximate surface area is 186 Å². The van der Waals surface area contributed by atoms with Gasteiger partial charge in [-0.05, 0) is 49.7 Å². The Morgan fingerprint density at radius 1 is 0.938 bits per heavy atom. The molecule has 0 saturated heterocycles. The lowest BCUT2D eigenvalue weighted by molar-refractivity contribution is 0.215. The summed E-state index contributed by atoms with van der Waals surface area (Å²) in [5.74, 6) is 0.458. The van der Waals surface area contributed by atoms with Crippen LogP contribution in [0.3, 0.4) is 0 Å². The number of amides is 1. The number of nitrogens with zero attached hydrogens (tertiary/aromatic N) is 3. The van der Waals surface area contributed by atoms with E-state index in [0.717, 1.165) is 27.9 Å². The van der Waals surface area contributed by atoms with E-state index in [0.29, 0.717) is 22.8 Å². The first-order valence-corrected chi connectivity index (χ1v) is 10.0. The third-order valence-electron chi connectivity index (χ3n) is 4.88. The molecule has 0 atom stereocenters. The zero-order valence-electron chi connectivity index (χ0n) is 17.7. The fourth-order valence-corrected chi connectivity index (χ4v) is 3.27. The van der Waals surface area contributed by atoms with Crippen LogP contribution >= 0.6 is 0 Å².